The van der Waals surface area contributed by atoms with Gasteiger partial charge in [-0.3, -0.25) is 0 Å². The van der Waals surface area contributed by atoms with Crippen LogP contribution in [0, 0.1) is 0 Å². The Balaban J connectivity index is 4.13. The molecule has 0 aromatic heterocycles. The largest absolute Gasteiger partial charge is 0.409 e. The fourth-order valence-corrected chi connectivity index (χ4v) is 8.05. The molecule has 5 heteroatoms. The minimum atomic E-state index is -2.38. The van der Waals surface area contributed by atoms with E-state index in [0.717, 1.165) is 19.4 Å². The SMILES string of the molecule is C=C[Si](C)(OCCC)O[Si](C)(C=C)OCCCCCCCCC. The van der Waals surface area contributed by atoms with Gasteiger partial charge < -0.3 is 13.0 Å². The van der Waals surface area contributed by atoms with Crippen molar-refractivity contribution in [1.82, 2.24) is 0 Å². The molecule has 136 valence electrons. The lowest BCUT2D eigenvalue weighted by molar-refractivity contribution is 0.199. The van der Waals surface area contributed by atoms with Crippen LogP contribution in [0.5, 0.6) is 0 Å². The number of hydrogen-bond acceptors (Lipinski definition) is 3. The second kappa shape index (κ2) is 13.1. The van der Waals surface area contributed by atoms with E-state index in [1.54, 1.807) is 0 Å². The molecule has 0 fully saturated rings. The van der Waals surface area contributed by atoms with E-state index in [1.165, 1.54) is 38.5 Å². The summed E-state index contributed by atoms with van der Waals surface area (Å²) in [5.74, 6) is 0. The summed E-state index contributed by atoms with van der Waals surface area (Å²) >= 11 is 0. The highest BCUT2D eigenvalue weighted by Crippen LogP contribution is 2.20. The molecule has 0 saturated carbocycles. The normalized spacial score (nSPS) is 16.5. The average molecular weight is 359 g/mol. The molecule has 0 radical (unpaired) electrons. The quantitative estimate of drug-likeness (QED) is 0.258. The molecule has 0 spiro atoms. The molecular formula is C18H38O3Si2. The highest BCUT2D eigenvalue weighted by atomic mass is 28.5. The molecule has 0 bridgehead atoms. The summed E-state index contributed by atoms with van der Waals surface area (Å²) in [6, 6.07) is 0. The van der Waals surface area contributed by atoms with Crippen molar-refractivity contribution in [2.24, 2.45) is 0 Å². The molecule has 0 rings (SSSR count). The van der Waals surface area contributed by atoms with Gasteiger partial charge in [0.05, 0.1) is 0 Å². The number of rotatable bonds is 16. The Hall–Kier alpha value is -0.206. The fraction of sp³-hybridized carbons (Fsp3) is 0.778. The smallest absolute Gasteiger partial charge is 0.352 e. The summed E-state index contributed by atoms with van der Waals surface area (Å²) in [7, 11) is -4.74. The van der Waals surface area contributed by atoms with E-state index < -0.39 is 17.1 Å². The van der Waals surface area contributed by atoms with Gasteiger partial charge in [0.25, 0.3) is 0 Å². The topological polar surface area (TPSA) is 27.7 Å². The van der Waals surface area contributed by atoms with Crippen molar-refractivity contribution < 1.29 is 13.0 Å². The van der Waals surface area contributed by atoms with Crippen LogP contribution in [-0.4, -0.2) is 30.3 Å². The third-order valence-corrected chi connectivity index (χ3v) is 10.2. The first kappa shape index (κ1) is 22.8. The van der Waals surface area contributed by atoms with Gasteiger partial charge in [0, 0.05) is 13.2 Å². The molecule has 3 nitrogen and oxygen atoms in total. The van der Waals surface area contributed by atoms with Crippen LogP contribution in [-0.2, 0) is 13.0 Å². The molecule has 0 aromatic carbocycles. The fourth-order valence-electron chi connectivity index (χ4n) is 2.30. The Morgan fingerprint density at radius 2 is 1.17 bits per heavy atom. The van der Waals surface area contributed by atoms with Gasteiger partial charge in [0.1, 0.15) is 0 Å². The Labute approximate surface area is 146 Å². The first-order chi connectivity index (χ1) is 10.9. The molecule has 0 aliphatic rings. The van der Waals surface area contributed by atoms with Gasteiger partial charge in [-0.15, -0.1) is 13.2 Å². The minimum absolute atomic E-state index is 0.703. The van der Waals surface area contributed by atoms with Gasteiger partial charge in [0.15, 0.2) is 0 Å². The monoisotopic (exact) mass is 358 g/mol. The van der Waals surface area contributed by atoms with Gasteiger partial charge in [-0.05, 0) is 25.9 Å². The maximum Gasteiger partial charge on any atom is 0.352 e. The van der Waals surface area contributed by atoms with E-state index in [4.69, 9.17) is 13.0 Å². The van der Waals surface area contributed by atoms with Crippen LogP contribution in [0.4, 0.5) is 0 Å². The zero-order valence-corrected chi connectivity index (χ0v) is 17.9. The van der Waals surface area contributed by atoms with Crippen LogP contribution in [0.1, 0.15) is 65.2 Å². The molecule has 0 saturated heterocycles. The van der Waals surface area contributed by atoms with Gasteiger partial charge in [-0.25, -0.2) is 0 Å². The molecule has 0 heterocycles. The van der Waals surface area contributed by atoms with Crippen molar-refractivity contribution >= 4 is 17.1 Å². The lowest BCUT2D eigenvalue weighted by Crippen LogP contribution is -2.50. The Morgan fingerprint density at radius 1 is 0.696 bits per heavy atom. The van der Waals surface area contributed by atoms with Crippen LogP contribution >= 0.6 is 0 Å². The second-order valence-electron chi connectivity index (χ2n) is 6.36. The van der Waals surface area contributed by atoms with Crippen LogP contribution in [0.15, 0.2) is 24.6 Å². The van der Waals surface area contributed by atoms with Crippen LogP contribution in [0.3, 0.4) is 0 Å². The van der Waals surface area contributed by atoms with Crippen LogP contribution < -0.4 is 0 Å². The van der Waals surface area contributed by atoms with E-state index in [9.17, 15) is 0 Å². The summed E-state index contributed by atoms with van der Waals surface area (Å²) in [6.07, 6.45) is 9.96. The zero-order chi connectivity index (χ0) is 17.6. The molecule has 0 aliphatic heterocycles. The van der Waals surface area contributed by atoms with E-state index in [0.29, 0.717) is 6.61 Å². The summed E-state index contributed by atoms with van der Waals surface area (Å²) in [5.41, 5.74) is 3.70. The van der Waals surface area contributed by atoms with Gasteiger partial charge in [-0.1, -0.05) is 63.8 Å². The maximum atomic E-state index is 6.28. The molecule has 0 N–H and O–H groups in total. The predicted octanol–water partition coefficient (Wildman–Crippen LogP) is 5.79. The van der Waals surface area contributed by atoms with Crippen molar-refractivity contribution in [3.05, 3.63) is 24.6 Å². The van der Waals surface area contributed by atoms with Crippen molar-refractivity contribution in [1.29, 1.82) is 0 Å². The Morgan fingerprint density at radius 3 is 1.65 bits per heavy atom. The van der Waals surface area contributed by atoms with Crippen molar-refractivity contribution in [3.63, 3.8) is 0 Å². The summed E-state index contributed by atoms with van der Waals surface area (Å²) in [6.45, 7) is 17.7. The van der Waals surface area contributed by atoms with Gasteiger partial charge in [0.2, 0.25) is 0 Å². The molecule has 0 aliphatic carbocycles. The van der Waals surface area contributed by atoms with Crippen molar-refractivity contribution in [3.8, 4) is 0 Å². The van der Waals surface area contributed by atoms with E-state index in [-0.39, 0.29) is 0 Å². The van der Waals surface area contributed by atoms with E-state index >= 15 is 0 Å². The molecular weight excluding hydrogens is 320 g/mol. The van der Waals surface area contributed by atoms with E-state index in [2.05, 4.69) is 27.0 Å². The van der Waals surface area contributed by atoms with Gasteiger partial charge in [-0.2, -0.15) is 0 Å². The molecule has 23 heavy (non-hydrogen) atoms. The first-order valence-corrected chi connectivity index (χ1v) is 14.0. The van der Waals surface area contributed by atoms with Crippen molar-refractivity contribution in [2.75, 3.05) is 13.2 Å². The lowest BCUT2D eigenvalue weighted by Gasteiger charge is -2.33. The third kappa shape index (κ3) is 11.1. The average Bonchev–Trinajstić information content (AvgIpc) is 2.55. The van der Waals surface area contributed by atoms with E-state index in [1.807, 2.05) is 24.5 Å². The Bertz CT molecular complexity index is 325. The molecule has 2 atom stereocenters. The second-order valence-corrected chi connectivity index (χ2v) is 12.6. The number of hydrogen-bond donors (Lipinski definition) is 0. The first-order valence-electron chi connectivity index (χ1n) is 9.20. The zero-order valence-electron chi connectivity index (χ0n) is 15.9. The van der Waals surface area contributed by atoms with Crippen LogP contribution in [0.25, 0.3) is 0 Å². The van der Waals surface area contributed by atoms with Crippen molar-refractivity contribution in [2.45, 2.75) is 78.3 Å². The number of unbranched alkanes of at least 4 members (excludes halogenated alkanes) is 6. The molecule has 0 aromatic rings. The highest BCUT2D eigenvalue weighted by Gasteiger charge is 2.39. The minimum Gasteiger partial charge on any atom is -0.409 e. The predicted molar refractivity (Wildman–Crippen MR) is 105 cm³/mol. The Kier molecular flexibility index (Phi) is 13.0. The highest BCUT2D eigenvalue weighted by molar-refractivity contribution is 6.84. The third-order valence-electron chi connectivity index (χ3n) is 3.88. The standard InChI is InChI=1S/C18H38O3Si2/c1-7-11-12-13-14-15-16-18-20-23(6,10-4)21-22(5,9-3)19-17-8-2/h9-10H,3-4,7-8,11-18H2,1-2,5-6H3. The lowest BCUT2D eigenvalue weighted by atomic mass is 10.1. The summed E-state index contributed by atoms with van der Waals surface area (Å²) in [5, 5.41) is 0. The molecule has 2 unspecified atom stereocenters. The van der Waals surface area contributed by atoms with Crippen LogP contribution in [0.2, 0.25) is 13.1 Å². The molecule has 0 amide bonds. The van der Waals surface area contributed by atoms with Gasteiger partial charge >= 0.3 is 17.1 Å². The maximum absolute atomic E-state index is 6.28. The summed E-state index contributed by atoms with van der Waals surface area (Å²) < 4.78 is 18.3. The summed E-state index contributed by atoms with van der Waals surface area (Å²) in [4.78, 5) is 0.